The van der Waals surface area contributed by atoms with Crippen LogP contribution in [-0.4, -0.2) is 25.3 Å². The fourth-order valence-electron chi connectivity index (χ4n) is 3.64. The zero-order chi connectivity index (χ0) is 20.9. The molecule has 29 heavy (non-hydrogen) atoms. The van der Waals surface area contributed by atoms with Crippen LogP contribution in [0.2, 0.25) is 0 Å². The number of hydrazine groups is 1. The van der Waals surface area contributed by atoms with Crippen LogP contribution in [0.1, 0.15) is 77.2 Å². The second-order valence-electron chi connectivity index (χ2n) is 8.12. The molecule has 3 N–H and O–H groups in total. The monoisotopic (exact) mass is 402 g/mol. The molecule has 0 unspecified atom stereocenters. The van der Waals surface area contributed by atoms with Gasteiger partial charge in [0.05, 0.1) is 6.61 Å². The first-order chi connectivity index (χ1) is 14.1. The molecule has 0 radical (unpaired) electrons. The number of hydrogen-bond acceptors (Lipinski definition) is 5. The van der Waals surface area contributed by atoms with Crippen molar-refractivity contribution in [1.29, 1.82) is 0 Å². The van der Waals surface area contributed by atoms with Gasteiger partial charge in [-0.25, -0.2) is 11.0 Å². The molecule has 1 aromatic rings. The van der Waals surface area contributed by atoms with Gasteiger partial charge < -0.3 is 10.1 Å². The van der Waals surface area contributed by atoms with Crippen LogP contribution >= 0.6 is 0 Å². The number of carbonyl (C=O) groups is 1. The van der Waals surface area contributed by atoms with Gasteiger partial charge in [0.1, 0.15) is 5.75 Å². The third kappa shape index (κ3) is 9.31. The fraction of sp³-hybridized carbons (Fsp3) is 0.652. The van der Waals surface area contributed by atoms with Gasteiger partial charge in [-0.1, -0.05) is 39.0 Å². The van der Waals surface area contributed by atoms with Crippen LogP contribution in [0.25, 0.3) is 0 Å². The number of carbonyl (C=O) groups excluding carboxylic acids is 1. The second kappa shape index (κ2) is 13.2. The Hall–Kier alpha value is -2.08. The first-order valence-electron chi connectivity index (χ1n) is 11.1. The molecule has 1 fully saturated rings. The van der Waals surface area contributed by atoms with Crippen molar-refractivity contribution in [3.05, 3.63) is 23.8 Å². The summed E-state index contributed by atoms with van der Waals surface area (Å²) in [6.07, 6.45) is 11.8. The molecule has 3 rings (SSSR count). The number of ether oxygens (including phenoxy) is 1. The number of benzene rings is 1. The van der Waals surface area contributed by atoms with E-state index < -0.39 is 0 Å². The molecule has 1 aromatic carbocycles. The Labute approximate surface area is 175 Å². The summed E-state index contributed by atoms with van der Waals surface area (Å²) >= 11 is 0. The summed E-state index contributed by atoms with van der Waals surface area (Å²) in [5.41, 5.74) is 8.61. The van der Waals surface area contributed by atoms with Crippen molar-refractivity contribution in [3.8, 4) is 5.75 Å². The summed E-state index contributed by atoms with van der Waals surface area (Å²) in [6.45, 7) is 5.06. The molecule has 1 saturated carbocycles. The predicted molar refractivity (Wildman–Crippen MR) is 120 cm³/mol. The largest absolute Gasteiger partial charge is 0.494 e. The minimum Gasteiger partial charge on any atom is -0.494 e. The zero-order valence-corrected chi connectivity index (χ0v) is 18.4. The lowest BCUT2D eigenvalue weighted by Crippen LogP contribution is -2.22. The number of hydrogen-bond donors (Lipinski definition) is 3. The highest BCUT2D eigenvalue weighted by atomic mass is 16.5. The Morgan fingerprint density at radius 1 is 1.21 bits per heavy atom. The number of anilines is 1. The molecule has 0 atom stereocenters. The normalized spacial score (nSPS) is 16.9. The smallest absolute Gasteiger partial charge is 0.224 e. The molecule has 1 heterocycles. The van der Waals surface area contributed by atoms with E-state index in [1.54, 1.807) is 7.05 Å². The summed E-state index contributed by atoms with van der Waals surface area (Å²) in [5, 5.41) is 7.01. The van der Waals surface area contributed by atoms with E-state index in [-0.39, 0.29) is 5.91 Å². The van der Waals surface area contributed by atoms with Gasteiger partial charge in [0.25, 0.3) is 0 Å². The topological polar surface area (TPSA) is 74.8 Å². The van der Waals surface area contributed by atoms with E-state index in [0.29, 0.717) is 13.0 Å². The lowest BCUT2D eigenvalue weighted by molar-refractivity contribution is -0.116. The quantitative estimate of drug-likeness (QED) is 0.331. The molecule has 6 heteroatoms. The standard InChI is InChI=1S/C16H24N4O2.C7H14/c1-12(19-20-17-2)5-3-4-10-22-14-7-8-15-13(11-14)6-9-16(21)18-15;1-7-5-3-2-4-6-7/h7-8,11,17,20H,3-6,9-10H2,1-2H3,(H,18,21);7H,2-6H2,1H3/b19-12+;. The third-order valence-electron chi connectivity index (χ3n) is 5.43. The number of nitrogens with one attached hydrogen (secondary N) is 3. The SMILES string of the molecule is CC1CCCCC1.CNN/N=C(\C)CCCCOc1ccc2c(c1)CCC(=O)N2. The predicted octanol–water partition coefficient (Wildman–Crippen LogP) is 4.81. The summed E-state index contributed by atoms with van der Waals surface area (Å²) in [5.74, 6) is 2.00. The van der Waals surface area contributed by atoms with Crippen LogP contribution in [0.4, 0.5) is 5.69 Å². The number of rotatable bonds is 8. The summed E-state index contributed by atoms with van der Waals surface area (Å²) in [6, 6.07) is 5.86. The van der Waals surface area contributed by atoms with E-state index >= 15 is 0 Å². The lowest BCUT2D eigenvalue weighted by atomic mass is 9.91. The minimum absolute atomic E-state index is 0.0889. The molecule has 0 bridgehead atoms. The van der Waals surface area contributed by atoms with Gasteiger partial charge in [0.15, 0.2) is 0 Å². The van der Waals surface area contributed by atoms with E-state index in [0.717, 1.165) is 54.3 Å². The van der Waals surface area contributed by atoms with Gasteiger partial charge in [0.2, 0.25) is 5.91 Å². The number of aryl methyl sites for hydroxylation is 1. The average molecular weight is 403 g/mol. The Kier molecular flexibility index (Phi) is 10.6. The maximum atomic E-state index is 11.3. The molecule has 1 aliphatic carbocycles. The molecular weight excluding hydrogens is 364 g/mol. The van der Waals surface area contributed by atoms with E-state index in [4.69, 9.17) is 4.74 Å². The molecular formula is C23H38N4O2. The van der Waals surface area contributed by atoms with Crippen LogP contribution in [0, 0.1) is 5.92 Å². The highest BCUT2D eigenvalue weighted by molar-refractivity contribution is 5.94. The summed E-state index contributed by atoms with van der Waals surface area (Å²) in [7, 11) is 1.79. The molecule has 2 aliphatic rings. The van der Waals surface area contributed by atoms with Crippen molar-refractivity contribution in [2.24, 2.45) is 11.0 Å². The lowest BCUT2D eigenvalue weighted by Gasteiger charge is -2.17. The molecule has 0 aromatic heterocycles. The molecule has 162 valence electrons. The maximum Gasteiger partial charge on any atom is 0.224 e. The number of unbranched alkanes of at least 4 members (excludes halogenated alkanes) is 1. The zero-order valence-electron chi connectivity index (χ0n) is 18.4. The first-order valence-corrected chi connectivity index (χ1v) is 11.1. The van der Waals surface area contributed by atoms with Gasteiger partial charge in [-0.2, -0.15) is 5.10 Å². The molecule has 1 aliphatic heterocycles. The van der Waals surface area contributed by atoms with Gasteiger partial charge in [0, 0.05) is 24.9 Å². The number of nitrogens with zero attached hydrogens (tertiary/aromatic N) is 1. The number of fused-ring (bicyclic) bond motifs is 1. The molecule has 1 amide bonds. The van der Waals surface area contributed by atoms with Crippen molar-refractivity contribution >= 4 is 17.3 Å². The average Bonchev–Trinajstić information content (AvgIpc) is 2.73. The fourth-order valence-corrected chi connectivity index (χ4v) is 3.64. The van der Waals surface area contributed by atoms with Crippen LogP contribution in [0.15, 0.2) is 23.3 Å². The van der Waals surface area contributed by atoms with Gasteiger partial charge in [-0.15, -0.1) is 0 Å². The van der Waals surface area contributed by atoms with Crippen molar-refractivity contribution < 1.29 is 9.53 Å². The highest BCUT2D eigenvalue weighted by Crippen LogP contribution is 2.27. The van der Waals surface area contributed by atoms with Crippen molar-refractivity contribution in [2.75, 3.05) is 19.0 Å². The second-order valence-corrected chi connectivity index (χ2v) is 8.12. The number of hydrazone groups is 1. The van der Waals surface area contributed by atoms with Crippen LogP contribution in [-0.2, 0) is 11.2 Å². The maximum absolute atomic E-state index is 11.3. The van der Waals surface area contributed by atoms with Crippen LogP contribution < -0.4 is 21.0 Å². The van der Waals surface area contributed by atoms with Crippen LogP contribution in [0.5, 0.6) is 5.75 Å². The first kappa shape index (κ1) is 23.2. The Bertz CT molecular complexity index is 654. The van der Waals surface area contributed by atoms with Crippen molar-refractivity contribution in [3.63, 3.8) is 0 Å². The van der Waals surface area contributed by atoms with E-state index in [1.807, 2.05) is 25.1 Å². The summed E-state index contributed by atoms with van der Waals surface area (Å²) in [4.78, 5) is 11.3. The van der Waals surface area contributed by atoms with Crippen molar-refractivity contribution in [2.45, 2.75) is 78.1 Å². The number of amides is 1. The van der Waals surface area contributed by atoms with Crippen LogP contribution in [0.3, 0.4) is 0 Å². The minimum atomic E-state index is 0.0889. The third-order valence-corrected chi connectivity index (χ3v) is 5.43. The van der Waals surface area contributed by atoms with Gasteiger partial charge in [-0.3, -0.25) is 4.79 Å². The van der Waals surface area contributed by atoms with Crippen molar-refractivity contribution in [1.82, 2.24) is 11.0 Å². The van der Waals surface area contributed by atoms with E-state index in [1.165, 1.54) is 32.1 Å². The van der Waals surface area contributed by atoms with Gasteiger partial charge in [-0.05, 0) is 62.3 Å². The Morgan fingerprint density at radius 3 is 2.69 bits per heavy atom. The molecule has 0 spiro atoms. The molecule has 6 nitrogen and oxygen atoms in total. The Balaban J connectivity index is 0.000000360. The Morgan fingerprint density at radius 2 is 2.00 bits per heavy atom. The van der Waals surface area contributed by atoms with E-state index in [2.05, 4.69) is 28.3 Å². The molecule has 0 saturated heterocycles. The van der Waals surface area contributed by atoms with Gasteiger partial charge >= 0.3 is 0 Å². The summed E-state index contributed by atoms with van der Waals surface area (Å²) < 4.78 is 5.78. The highest BCUT2D eigenvalue weighted by Gasteiger charge is 2.14. The van der Waals surface area contributed by atoms with E-state index in [9.17, 15) is 4.79 Å².